The average molecular weight is 529 g/mol. The van der Waals surface area contributed by atoms with Crippen LogP contribution in [0.15, 0.2) is 42.5 Å². The van der Waals surface area contributed by atoms with Crippen LogP contribution in [0, 0.1) is 15.4 Å². The third-order valence-corrected chi connectivity index (χ3v) is 6.70. The highest BCUT2D eigenvalue weighted by atomic mass is 127. The third-order valence-electron chi connectivity index (χ3n) is 5.98. The molecule has 1 aliphatic carbocycles. The highest BCUT2D eigenvalue weighted by Crippen LogP contribution is 2.31. The van der Waals surface area contributed by atoms with Crippen LogP contribution in [0.1, 0.15) is 48.3 Å². The van der Waals surface area contributed by atoms with Crippen molar-refractivity contribution in [2.24, 2.45) is 11.8 Å². The summed E-state index contributed by atoms with van der Waals surface area (Å²) >= 11 is 2.25. The van der Waals surface area contributed by atoms with Crippen LogP contribution in [0.3, 0.4) is 0 Å². The lowest BCUT2D eigenvalue weighted by atomic mass is 10.0. The zero-order chi connectivity index (χ0) is 22.0. The van der Waals surface area contributed by atoms with Crippen molar-refractivity contribution in [2.45, 2.75) is 39.5 Å². The second-order valence-electron chi connectivity index (χ2n) is 9.36. The molecule has 1 heterocycles. The highest BCUT2D eigenvalue weighted by Gasteiger charge is 2.23. The lowest BCUT2D eigenvalue weighted by molar-refractivity contribution is 0.102. The van der Waals surface area contributed by atoms with Crippen LogP contribution in [0.25, 0.3) is 10.9 Å². The van der Waals surface area contributed by atoms with E-state index in [0.717, 1.165) is 40.1 Å². The second kappa shape index (κ2) is 9.74. The number of carbonyl (C=O) groups excluding carboxylic acids is 1. The van der Waals surface area contributed by atoms with Gasteiger partial charge in [-0.3, -0.25) is 4.79 Å². The van der Waals surface area contributed by atoms with Gasteiger partial charge in [-0.1, -0.05) is 13.8 Å². The number of aromatic nitrogens is 1. The fourth-order valence-electron chi connectivity index (χ4n) is 4.19. The van der Waals surface area contributed by atoms with E-state index in [-0.39, 0.29) is 5.91 Å². The lowest BCUT2D eigenvalue weighted by Crippen LogP contribution is -2.23. The van der Waals surface area contributed by atoms with Crippen molar-refractivity contribution >= 4 is 45.1 Å². The van der Waals surface area contributed by atoms with Crippen molar-refractivity contribution in [1.82, 2.24) is 9.88 Å². The molecule has 0 bridgehead atoms. The molecule has 2 aromatic carbocycles. The summed E-state index contributed by atoms with van der Waals surface area (Å²) in [5.74, 6) is 1.43. The molecule has 3 aromatic rings. The minimum absolute atomic E-state index is 0.0700. The number of nitrogens with one attached hydrogen (secondary N) is 2. The van der Waals surface area contributed by atoms with Gasteiger partial charge >= 0.3 is 0 Å². The van der Waals surface area contributed by atoms with Crippen molar-refractivity contribution in [1.29, 1.82) is 0 Å². The van der Waals surface area contributed by atoms with E-state index >= 15 is 0 Å². The van der Waals surface area contributed by atoms with Gasteiger partial charge in [-0.05, 0) is 115 Å². The SMILES string of the molecule is CC(C)Cc1[nH]c2ccc(NC(=O)c3ccc(I)cc3)cc2c1CCN(C)CC1CC1. The Balaban J connectivity index is 1.56. The first-order valence-electron chi connectivity index (χ1n) is 11.3. The van der Waals surface area contributed by atoms with E-state index in [1.54, 1.807) is 0 Å². The summed E-state index contributed by atoms with van der Waals surface area (Å²) in [6.45, 7) is 6.80. The minimum Gasteiger partial charge on any atom is -0.358 e. The molecular weight excluding hydrogens is 497 g/mol. The third kappa shape index (κ3) is 5.89. The number of hydrogen-bond acceptors (Lipinski definition) is 2. The van der Waals surface area contributed by atoms with Crippen molar-refractivity contribution in [3.63, 3.8) is 0 Å². The van der Waals surface area contributed by atoms with Crippen molar-refractivity contribution < 1.29 is 4.79 Å². The molecule has 0 spiro atoms. The fraction of sp³-hybridized carbons (Fsp3) is 0.423. The predicted octanol–water partition coefficient (Wildman–Crippen LogP) is 6.11. The highest BCUT2D eigenvalue weighted by molar-refractivity contribution is 14.1. The number of amides is 1. The van der Waals surface area contributed by atoms with Crippen molar-refractivity contribution in [3.8, 4) is 0 Å². The molecule has 2 N–H and O–H groups in total. The number of aromatic amines is 1. The number of halogens is 1. The topological polar surface area (TPSA) is 48.1 Å². The quantitative estimate of drug-likeness (QED) is 0.329. The summed E-state index contributed by atoms with van der Waals surface area (Å²) in [6.07, 6.45) is 4.85. The Labute approximate surface area is 198 Å². The first-order valence-corrected chi connectivity index (χ1v) is 12.4. The van der Waals surface area contributed by atoms with E-state index in [9.17, 15) is 4.79 Å². The Morgan fingerprint density at radius 1 is 1.19 bits per heavy atom. The van der Waals surface area contributed by atoms with E-state index in [1.165, 1.54) is 36.0 Å². The number of nitrogens with zero attached hydrogens (tertiary/aromatic N) is 1. The molecule has 4 nitrogen and oxygen atoms in total. The van der Waals surface area contributed by atoms with Gasteiger partial charge < -0.3 is 15.2 Å². The summed E-state index contributed by atoms with van der Waals surface area (Å²) in [7, 11) is 2.24. The fourth-order valence-corrected chi connectivity index (χ4v) is 4.55. The van der Waals surface area contributed by atoms with Crippen LogP contribution >= 0.6 is 22.6 Å². The largest absolute Gasteiger partial charge is 0.358 e. The van der Waals surface area contributed by atoms with Crippen LogP contribution in [-0.2, 0) is 12.8 Å². The molecule has 1 saturated carbocycles. The van der Waals surface area contributed by atoms with Crippen molar-refractivity contribution in [2.75, 3.05) is 25.5 Å². The molecule has 31 heavy (non-hydrogen) atoms. The van der Waals surface area contributed by atoms with E-state index in [0.29, 0.717) is 11.5 Å². The molecule has 1 aromatic heterocycles. The summed E-state index contributed by atoms with van der Waals surface area (Å²) in [6, 6.07) is 13.9. The number of benzene rings is 2. The number of likely N-dealkylation sites (N-methyl/N-ethyl adjacent to an activating group) is 1. The average Bonchev–Trinajstić information content (AvgIpc) is 3.47. The molecule has 4 rings (SSSR count). The van der Waals surface area contributed by atoms with Gasteiger partial charge in [-0.25, -0.2) is 0 Å². The smallest absolute Gasteiger partial charge is 0.255 e. The van der Waals surface area contributed by atoms with Crippen LogP contribution < -0.4 is 5.32 Å². The zero-order valence-corrected chi connectivity index (χ0v) is 20.8. The van der Waals surface area contributed by atoms with E-state index in [4.69, 9.17) is 0 Å². The molecule has 0 unspecified atom stereocenters. The van der Waals surface area contributed by atoms with E-state index in [1.807, 2.05) is 30.3 Å². The summed E-state index contributed by atoms with van der Waals surface area (Å²) in [4.78, 5) is 18.8. The van der Waals surface area contributed by atoms with Crippen LogP contribution in [-0.4, -0.2) is 35.9 Å². The Kier molecular flexibility index (Phi) is 7.02. The molecule has 0 aliphatic heterocycles. The molecule has 1 amide bonds. The van der Waals surface area contributed by atoms with Crippen molar-refractivity contribution in [3.05, 3.63) is 62.9 Å². The van der Waals surface area contributed by atoms with Crippen LogP contribution in [0.5, 0.6) is 0 Å². The maximum Gasteiger partial charge on any atom is 0.255 e. The molecule has 1 aliphatic rings. The molecule has 1 fully saturated rings. The maximum atomic E-state index is 12.7. The number of anilines is 1. The number of carbonyl (C=O) groups is 1. The summed E-state index contributed by atoms with van der Waals surface area (Å²) in [5.41, 5.74) is 5.42. The molecule has 5 heteroatoms. The van der Waals surface area contributed by atoms with Crippen LogP contribution in [0.4, 0.5) is 5.69 Å². The number of H-pyrrole nitrogens is 1. The van der Waals surface area contributed by atoms with Gasteiger partial charge in [0.25, 0.3) is 5.91 Å². The van der Waals surface area contributed by atoms with Gasteiger partial charge in [-0.2, -0.15) is 0 Å². The first-order chi connectivity index (χ1) is 14.9. The first kappa shape index (κ1) is 22.3. The standard InChI is InChI=1S/C26H32IN3O/c1-17(2)14-25-22(12-13-30(3)16-18-4-5-18)23-15-21(10-11-24(23)29-25)28-26(31)19-6-8-20(27)9-7-19/h6-11,15,17-18,29H,4-5,12-14,16H2,1-3H3,(H,28,31). The van der Waals surface area contributed by atoms with Crippen LogP contribution in [0.2, 0.25) is 0 Å². The van der Waals surface area contributed by atoms with Gasteiger partial charge in [0.2, 0.25) is 0 Å². The molecule has 0 saturated heterocycles. The predicted molar refractivity (Wildman–Crippen MR) is 138 cm³/mol. The van der Waals surface area contributed by atoms with Gasteiger partial charge in [0.1, 0.15) is 0 Å². The zero-order valence-electron chi connectivity index (χ0n) is 18.7. The summed E-state index contributed by atoms with van der Waals surface area (Å²) in [5, 5.41) is 4.31. The van der Waals surface area contributed by atoms with Gasteiger partial charge in [0.15, 0.2) is 0 Å². The number of fused-ring (bicyclic) bond motifs is 1. The summed E-state index contributed by atoms with van der Waals surface area (Å²) < 4.78 is 1.12. The number of rotatable bonds is 9. The Bertz CT molecular complexity index is 1050. The lowest BCUT2D eigenvalue weighted by Gasteiger charge is -2.17. The maximum absolute atomic E-state index is 12.7. The molecular formula is C26H32IN3O. The minimum atomic E-state index is -0.0700. The molecule has 0 atom stereocenters. The van der Waals surface area contributed by atoms with E-state index in [2.05, 4.69) is 70.8 Å². The van der Waals surface area contributed by atoms with Gasteiger partial charge in [0, 0.05) is 44.5 Å². The monoisotopic (exact) mass is 529 g/mol. The Hall–Kier alpha value is -1.86. The Morgan fingerprint density at radius 2 is 1.94 bits per heavy atom. The Morgan fingerprint density at radius 3 is 2.61 bits per heavy atom. The van der Waals surface area contributed by atoms with E-state index < -0.39 is 0 Å². The normalized spacial score (nSPS) is 14.0. The second-order valence-corrected chi connectivity index (χ2v) is 10.6. The van der Waals surface area contributed by atoms with Gasteiger partial charge in [-0.15, -0.1) is 0 Å². The molecule has 164 valence electrons. The molecule has 0 radical (unpaired) electrons. The number of hydrogen-bond donors (Lipinski definition) is 2. The van der Waals surface area contributed by atoms with Gasteiger partial charge in [0.05, 0.1) is 0 Å².